The van der Waals surface area contributed by atoms with Gasteiger partial charge in [0.05, 0.1) is 19.3 Å². The molecule has 1 aliphatic carbocycles. The van der Waals surface area contributed by atoms with Crippen molar-refractivity contribution in [2.24, 2.45) is 17.8 Å². The van der Waals surface area contributed by atoms with Crippen LogP contribution in [0, 0.1) is 17.8 Å². The molecule has 0 amide bonds. The SMILES string of the molecule is C[C@@H]1[C@@H](O)[C@H](OC[C@H]2C(c3ccc4c(c3)OCO4)c3cc(-c4ccccc4)ccc3C[C@@H]2CO)OC[C@H]1O. The second kappa shape index (κ2) is 10.7. The van der Waals surface area contributed by atoms with Crippen molar-refractivity contribution in [3.63, 3.8) is 0 Å². The van der Waals surface area contributed by atoms with Gasteiger partial charge in [-0.2, -0.15) is 0 Å². The van der Waals surface area contributed by atoms with Crippen LogP contribution in [0.25, 0.3) is 11.1 Å². The lowest BCUT2D eigenvalue weighted by Crippen LogP contribution is -2.50. The average molecular weight is 519 g/mol. The molecular formula is C31H34O7. The largest absolute Gasteiger partial charge is 0.454 e. The number of aliphatic hydroxyl groups is 3. The van der Waals surface area contributed by atoms with Crippen LogP contribution in [0.4, 0.5) is 0 Å². The molecule has 7 atom stereocenters. The van der Waals surface area contributed by atoms with E-state index in [4.69, 9.17) is 18.9 Å². The molecule has 2 heterocycles. The van der Waals surface area contributed by atoms with Crippen LogP contribution in [0.5, 0.6) is 11.5 Å². The third-order valence-electron chi connectivity index (χ3n) is 8.40. The summed E-state index contributed by atoms with van der Waals surface area (Å²) in [5.41, 5.74) is 5.72. The molecule has 0 saturated carbocycles. The van der Waals surface area contributed by atoms with Gasteiger partial charge in [-0.25, -0.2) is 0 Å². The van der Waals surface area contributed by atoms with Gasteiger partial charge in [-0.3, -0.25) is 0 Å². The predicted molar refractivity (Wildman–Crippen MR) is 141 cm³/mol. The zero-order valence-electron chi connectivity index (χ0n) is 21.4. The Labute approximate surface area is 222 Å². The van der Waals surface area contributed by atoms with Gasteiger partial charge in [-0.1, -0.05) is 61.5 Å². The van der Waals surface area contributed by atoms with Gasteiger partial charge in [-0.15, -0.1) is 0 Å². The van der Waals surface area contributed by atoms with Gasteiger partial charge in [0.2, 0.25) is 6.79 Å². The summed E-state index contributed by atoms with van der Waals surface area (Å²) in [7, 11) is 0. The smallest absolute Gasteiger partial charge is 0.231 e. The van der Waals surface area contributed by atoms with Crippen molar-refractivity contribution in [2.45, 2.75) is 37.8 Å². The van der Waals surface area contributed by atoms with Gasteiger partial charge >= 0.3 is 0 Å². The molecule has 7 nitrogen and oxygen atoms in total. The summed E-state index contributed by atoms with van der Waals surface area (Å²) in [6, 6.07) is 22.9. The fourth-order valence-corrected chi connectivity index (χ4v) is 6.05. The van der Waals surface area contributed by atoms with E-state index in [1.807, 2.05) is 30.3 Å². The first-order valence-electron chi connectivity index (χ1n) is 13.3. The number of fused-ring (bicyclic) bond motifs is 2. The highest BCUT2D eigenvalue weighted by molar-refractivity contribution is 5.66. The van der Waals surface area contributed by atoms with E-state index < -0.39 is 18.5 Å². The highest BCUT2D eigenvalue weighted by Crippen LogP contribution is 2.47. The molecule has 1 saturated heterocycles. The fourth-order valence-electron chi connectivity index (χ4n) is 6.05. The first-order chi connectivity index (χ1) is 18.5. The van der Waals surface area contributed by atoms with Gasteiger partial charge in [-0.05, 0) is 58.2 Å². The van der Waals surface area contributed by atoms with Crippen LogP contribution >= 0.6 is 0 Å². The Balaban J connectivity index is 1.39. The van der Waals surface area contributed by atoms with Crippen LogP contribution in [0.1, 0.15) is 29.5 Å². The third kappa shape index (κ3) is 4.70. The minimum Gasteiger partial charge on any atom is -0.454 e. The maximum atomic E-state index is 10.7. The predicted octanol–water partition coefficient (Wildman–Crippen LogP) is 3.73. The van der Waals surface area contributed by atoms with E-state index in [0.29, 0.717) is 5.75 Å². The second-order valence-corrected chi connectivity index (χ2v) is 10.6. The Morgan fingerprint density at radius 1 is 0.921 bits per heavy atom. The molecule has 3 N–H and O–H groups in total. The monoisotopic (exact) mass is 518 g/mol. The first kappa shape index (κ1) is 25.3. The summed E-state index contributed by atoms with van der Waals surface area (Å²) in [6.07, 6.45) is -1.77. The molecule has 3 aromatic rings. The molecule has 0 aromatic heterocycles. The maximum absolute atomic E-state index is 10.7. The van der Waals surface area contributed by atoms with Crippen LogP contribution in [0.15, 0.2) is 66.7 Å². The van der Waals surface area contributed by atoms with Crippen molar-refractivity contribution in [1.82, 2.24) is 0 Å². The van der Waals surface area contributed by atoms with Crippen molar-refractivity contribution in [3.8, 4) is 22.6 Å². The van der Waals surface area contributed by atoms with Gasteiger partial charge in [0.1, 0.15) is 6.10 Å². The Morgan fingerprint density at radius 2 is 1.74 bits per heavy atom. The lowest BCUT2D eigenvalue weighted by Gasteiger charge is -2.41. The van der Waals surface area contributed by atoms with E-state index in [2.05, 4.69) is 36.4 Å². The third-order valence-corrected chi connectivity index (χ3v) is 8.40. The highest BCUT2D eigenvalue weighted by atomic mass is 16.7. The summed E-state index contributed by atoms with van der Waals surface area (Å²) in [6.45, 7) is 2.40. The normalized spacial score (nSPS) is 30.2. The molecule has 0 radical (unpaired) electrons. The lowest BCUT2D eigenvalue weighted by molar-refractivity contribution is -0.259. The minimum absolute atomic E-state index is 0.0121. The zero-order valence-corrected chi connectivity index (χ0v) is 21.4. The van der Waals surface area contributed by atoms with Crippen molar-refractivity contribution in [2.75, 3.05) is 26.6 Å². The quantitative estimate of drug-likeness (QED) is 0.458. The lowest BCUT2D eigenvalue weighted by atomic mass is 9.66. The number of hydrogen-bond donors (Lipinski definition) is 3. The van der Waals surface area contributed by atoms with Crippen LogP contribution in [-0.4, -0.2) is 60.4 Å². The number of aliphatic hydroxyl groups excluding tert-OH is 3. The summed E-state index contributed by atoms with van der Waals surface area (Å²) in [5.74, 6) is 0.856. The van der Waals surface area contributed by atoms with Crippen molar-refractivity contribution in [3.05, 3.63) is 83.4 Å². The van der Waals surface area contributed by atoms with Crippen LogP contribution in [0.2, 0.25) is 0 Å². The number of benzene rings is 3. The van der Waals surface area contributed by atoms with E-state index in [1.54, 1.807) is 6.92 Å². The number of ether oxygens (including phenoxy) is 4. The molecule has 2 aliphatic heterocycles. The van der Waals surface area contributed by atoms with E-state index in [9.17, 15) is 15.3 Å². The molecule has 200 valence electrons. The van der Waals surface area contributed by atoms with E-state index in [1.165, 1.54) is 11.1 Å². The first-order valence-corrected chi connectivity index (χ1v) is 13.3. The van der Waals surface area contributed by atoms with E-state index in [-0.39, 0.29) is 50.3 Å². The van der Waals surface area contributed by atoms with Gasteiger partial charge in [0.15, 0.2) is 17.8 Å². The molecule has 3 aliphatic rings. The molecule has 7 heteroatoms. The van der Waals surface area contributed by atoms with Crippen LogP contribution < -0.4 is 9.47 Å². The molecule has 38 heavy (non-hydrogen) atoms. The number of hydrogen-bond acceptors (Lipinski definition) is 7. The summed E-state index contributed by atoms with van der Waals surface area (Å²) >= 11 is 0. The van der Waals surface area contributed by atoms with E-state index in [0.717, 1.165) is 28.9 Å². The average Bonchev–Trinajstić information content (AvgIpc) is 3.43. The summed E-state index contributed by atoms with van der Waals surface area (Å²) < 4.78 is 23.1. The molecule has 0 bridgehead atoms. The van der Waals surface area contributed by atoms with E-state index >= 15 is 0 Å². The Bertz CT molecular complexity index is 1260. The van der Waals surface area contributed by atoms with Crippen molar-refractivity contribution >= 4 is 0 Å². The van der Waals surface area contributed by atoms with Crippen molar-refractivity contribution < 1.29 is 34.3 Å². The summed E-state index contributed by atoms with van der Waals surface area (Å²) in [5, 5.41) is 31.2. The summed E-state index contributed by atoms with van der Waals surface area (Å²) in [4.78, 5) is 0. The molecule has 1 unspecified atom stereocenters. The number of rotatable bonds is 6. The van der Waals surface area contributed by atoms with Crippen LogP contribution in [0.3, 0.4) is 0 Å². The fraction of sp³-hybridized carbons (Fsp3) is 0.419. The van der Waals surface area contributed by atoms with Crippen LogP contribution in [-0.2, 0) is 15.9 Å². The second-order valence-electron chi connectivity index (χ2n) is 10.6. The standard InChI is InChI=1S/C31H34O7/c1-18-26(33)16-36-31(30(18)34)35-15-25-23(14-32)11-21-8-7-20(19-5-3-2-4-6-19)12-24(21)29(25)22-9-10-27-28(13-22)38-17-37-27/h2-10,12-13,18,23,25-26,29-34H,11,14-17H2,1H3/t18-,23+,25+,26+,29?,30+,31+/m0/s1. The molecule has 1 fully saturated rings. The maximum Gasteiger partial charge on any atom is 0.231 e. The van der Waals surface area contributed by atoms with Gasteiger partial charge < -0.3 is 34.3 Å². The molecular weight excluding hydrogens is 484 g/mol. The molecule has 6 rings (SSSR count). The van der Waals surface area contributed by atoms with Gasteiger partial charge in [0, 0.05) is 18.4 Å². The Kier molecular flexibility index (Phi) is 7.12. The Morgan fingerprint density at radius 3 is 2.55 bits per heavy atom. The highest BCUT2D eigenvalue weighted by Gasteiger charge is 2.41. The minimum atomic E-state index is -0.934. The molecule has 0 spiro atoms. The zero-order chi connectivity index (χ0) is 26.2. The van der Waals surface area contributed by atoms with Crippen molar-refractivity contribution in [1.29, 1.82) is 0 Å². The van der Waals surface area contributed by atoms with Gasteiger partial charge in [0.25, 0.3) is 0 Å². The molecule has 3 aromatic carbocycles. The topological polar surface area (TPSA) is 97.6 Å². The Hall–Kier alpha value is -2.94.